The van der Waals surface area contributed by atoms with Gasteiger partial charge >= 0.3 is 0 Å². The smallest absolute Gasteiger partial charge is 0.226 e. The molecular formula is C30H37N5OS. The molecule has 1 saturated heterocycles. The summed E-state index contributed by atoms with van der Waals surface area (Å²) in [5.74, 6) is -0.00943. The first-order valence-electron chi connectivity index (χ1n) is 13.5. The molecule has 3 heterocycles. The van der Waals surface area contributed by atoms with E-state index >= 15 is 0 Å². The van der Waals surface area contributed by atoms with Gasteiger partial charge in [-0.3, -0.25) is 9.78 Å². The number of pyridine rings is 1. The van der Waals surface area contributed by atoms with Crippen LogP contribution in [-0.2, 0) is 4.79 Å². The largest absolute Gasteiger partial charge is 0.352 e. The van der Waals surface area contributed by atoms with Crippen LogP contribution < -0.4 is 10.6 Å². The number of thiocarbonyl (C=S) groups is 1. The van der Waals surface area contributed by atoms with E-state index in [-0.39, 0.29) is 18.0 Å². The molecule has 1 aromatic carbocycles. The van der Waals surface area contributed by atoms with Crippen LogP contribution in [0, 0.1) is 20.8 Å². The van der Waals surface area contributed by atoms with Gasteiger partial charge in [0.1, 0.15) is 0 Å². The van der Waals surface area contributed by atoms with E-state index in [9.17, 15) is 4.79 Å². The van der Waals surface area contributed by atoms with E-state index in [0.29, 0.717) is 24.1 Å². The Labute approximate surface area is 225 Å². The SMILES string of the molecule is Cc1ccccc1NC(=O)CCN1C(=S)N[C@H](c2ccccn2)[C@H]1c1cc(C)n(C2CCCCC2)c1C. The monoisotopic (exact) mass is 515 g/mol. The van der Waals surface area contributed by atoms with Crippen LogP contribution in [0.4, 0.5) is 5.69 Å². The van der Waals surface area contributed by atoms with Crippen LogP contribution in [0.5, 0.6) is 0 Å². The summed E-state index contributed by atoms with van der Waals surface area (Å²) in [5, 5.41) is 7.28. The van der Waals surface area contributed by atoms with E-state index in [1.54, 1.807) is 0 Å². The molecule has 2 N–H and O–H groups in total. The van der Waals surface area contributed by atoms with Crippen molar-refractivity contribution in [3.8, 4) is 0 Å². The van der Waals surface area contributed by atoms with Gasteiger partial charge in [-0.25, -0.2) is 0 Å². The van der Waals surface area contributed by atoms with Crippen molar-refractivity contribution < 1.29 is 4.79 Å². The molecule has 7 heteroatoms. The van der Waals surface area contributed by atoms with Crippen molar-refractivity contribution in [2.24, 2.45) is 0 Å². The van der Waals surface area contributed by atoms with Crippen LogP contribution in [0.15, 0.2) is 54.7 Å². The van der Waals surface area contributed by atoms with Gasteiger partial charge in [-0.2, -0.15) is 0 Å². The maximum atomic E-state index is 12.9. The minimum atomic E-state index is -0.0755. The lowest BCUT2D eigenvalue weighted by Gasteiger charge is -2.29. The number of carbonyl (C=O) groups is 1. The zero-order valence-electron chi connectivity index (χ0n) is 22.0. The molecule has 1 aliphatic heterocycles. The fourth-order valence-electron chi connectivity index (χ4n) is 6.14. The molecule has 2 atom stereocenters. The second kappa shape index (κ2) is 11.1. The van der Waals surface area contributed by atoms with Gasteiger partial charge in [-0.05, 0) is 81.2 Å². The predicted molar refractivity (Wildman–Crippen MR) is 153 cm³/mol. The van der Waals surface area contributed by atoms with Crippen molar-refractivity contribution in [2.75, 3.05) is 11.9 Å². The number of nitrogens with one attached hydrogen (secondary N) is 2. The van der Waals surface area contributed by atoms with Gasteiger partial charge in [0.05, 0.1) is 17.8 Å². The number of para-hydroxylation sites is 1. The van der Waals surface area contributed by atoms with Crippen LogP contribution in [0.2, 0.25) is 0 Å². The number of anilines is 1. The summed E-state index contributed by atoms with van der Waals surface area (Å²) in [6.07, 6.45) is 8.59. The van der Waals surface area contributed by atoms with Gasteiger partial charge in [0, 0.05) is 42.3 Å². The number of hydrogen-bond acceptors (Lipinski definition) is 3. The maximum Gasteiger partial charge on any atom is 0.226 e. The summed E-state index contributed by atoms with van der Waals surface area (Å²) in [4.78, 5) is 19.8. The first-order chi connectivity index (χ1) is 17.9. The fraction of sp³-hybridized carbons (Fsp3) is 0.433. The quantitative estimate of drug-likeness (QED) is 0.361. The number of hydrogen-bond donors (Lipinski definition) is 2. The summed E-state index contributed by atoms with van der Waals surface area (Å²) >= 11 is 5.85. The third-order valence-corrected chi connectivity index (χ3v) is 8.33. The van der Waals surface area contributed by atoms with Gasteiger partial charge in [0.2, 0.25) is 5.91 Å². The number of amides is 1. The van der Waals surface area contributed by atoms with Crippen LogP contribution in [0.25, 0.3) is 0 Å². The van der Waals surface area contributed by atoms with Gasteiger partial charge in [0.25, 0.3) is 0 Å². The number of rotatable bonds is 7. The fourth-order valence-corrected chi connectivity index (χ4v) is 6.47. The van der Waals surface area contributed by atoms with E-state index in [2.05, 4.69) is 51.1 Å². The molecule has 3 aromatic rings. The lowest BCUT2D eigenvalue weighted by atomic mass is 9.94. The van der Waals surface area contributed by atoms with E-state index in [1.807, 2.05) is 49.5 Å². The Bertz CT molecular complexity index is 1260. The zero-order valence-corrected chi connectivity index (χ0v) is 22.9. The maximum absolute atomic E-state index is 12.9. The number of nitrogens with zero attached hydrogens (tertiary/aromatic N) is 3. The van der Waals surface area contributed by atoms with Crippen LogP contribution in [0.3, 0.4) is 0 Å². The Morgan fingerprint density at radius 2 is 1.84 bits per heavy atom. The lowest BCUT2D eigenvalue weighted by Crippen LogP contribution is -2.33. The molecule has 0 radical (unpaired) electrons. The molecule has 0 spiro atoms. The molecule has 194 valence electrons. The summed E-state index contributed by atoms with van der Waals surface area (Å²) in [6, 6.07) is 16.7. The van der Waals surface area contributed by atoms with Gasteiger partial charge in [-0.1, -0.05) is 43.5 Å². The Hall–Kier alpha value is -3.19. The predicted octanol–water partition coefficient (Wildman–Crippen LogP) is 6.31. The standard InChI is InChI=1S/C30H37N5OS/c1-20-11-7-8-14-25(20)32-27(36)16-18-34-29(28(33-30(34)37)26-15-9-10-17-31-26)24-19-21(2)35(22(24)3)23-12-5-4-6-13-23/h7-11,14-15,17,19,23,28-29H,4-6,12-13,16,18H2,1-3H3,(H,32,36)(H,33,37)/t28-,29-/m1/s1. The number of aromatic nitrogens is 2. The highest BCUT2D eigenvalue weighted by Crippen LogP contribution is 2.42. The normalized spacial score (nSPS) is 20.2. The first-order valence-corrected chi connectivity index (χ1v) is 13.9. The van der Waals surface area contributed by atoms with Gasteiger partial charge in [-0.15, -0.1) is 0 Å². The van der Waals surface area contributed by atoms with Crippen molar-refractivity contribution in [3.63, 3.8) is 0 Å². The van der Waals surface area contributed by atoms with Crippen LogP contribution in [0.1, 0.15) is 84.9 Å². The molecule has 37 heavy (non-hydrogen) atoms. The topological polar surface area (TPSA) is 62.2 Å². The molecular weight excluding hydrogens is 478 g/mol. The summed E-state index contributed by atoms with van der Waals surface area (Å²) in [7, 11) is 0. The van der Waals surface area contributed by atoms with Crippen molar-refractivity contribution in [1.29, 1.82) is 0 Å². The minimum absolute atomic E-state index is 0.00943. The summed E-state index contributed by atoms with van der Waals surface area (Å²) < 4.78 is 2.55. The molecule has 0 unspecified atom stereocenters. The zero-order chi connectivity index (χ0) is 25.9. The molecule has 1 saturated carbocycles. The van der Waals surface area contributed by atoms with Crippen LogP contribution >= 0.6 is 12.2 Å². The van der Waals surface area contributed by atoms with E-state index in [0.717, 1.165) is 16.9 Å². The molecule has 2 fully saturated rings. The number of aryl methyl sites for hydroxylation is 2. The Morgan fingerprint density at radius 3 is 2.57 bits per heavy atom. The lowest BCUT2D eigenvalue weighted by molar-refractivity contribution is -0.116. The van der Waals surface area contributed by atoms with Gasteiger partial charge in [0.15, 0.2) is 5.11 Å². The summed E-state index contributed by atoms with van der Waals surface area (Å²) in [6.45, 7) is 7.01. The molecule has 1 amide bonds. The molecule has 5 rings (SSSR count). The Morgan fingerprint density at radius 1 is 1.08 bits per heavy atom. The molecule has 2 aliphatic rings. The minimum Gasteiger partial charge on any atom is -0.352 e. The Balaban J connectivity index is 1.43. The van der Waals surface area contributed by atoms with Crippen molar-refractivity contribution >= 4 is 28.9 Å². The van der Waals surface area contributed by atoms with E-state index in [4.69, 9.17) is 12.2 Å². The van der Waals surface area contributed by atoms with E-state index < -0.39 is 0 Å². The highest BCUT2D eigenvalue weighted by Gasteiger charge is 2.41. The second-order valence-corrected chi connectivity index (χ2v) is 10.8. The highest BCUT2D eigenvalue weighted by molar-refractivity contribution is 7.80. The third-order valence-electron chi connectivity index (χ3n) is 7.98. The highest BCUT2D eigenvalue weighted by atomic mass is 32.1. The van der Waals surface area contributed by atoms with Crippen molar-refractivity contribution in [2.45, 2.75) is 77.4 Å². The average molecular weight is 516 g/mol. The average Bonchev–Trinajstić information content (AvgIpc) is 3.39. The van der Waals surface area contributed by atoms with Crippen LogP contribution in [-0.4, -0.2) is 32.0 Å². The molecule has 1 aliphatic carbocycles. The molecule has 0 bridgehead atoms. The Kier molecular flexibility index (Phi) is 7.60. The van der Waals surface area contributed by atoms with Crippen molar-refractivity contribution in [3.05, 3.63) is 82.9 Å². The molecule has 2 aromatic heterocycles. The molecule has 6 nitrogen and oxygen atoms in total. The third kappa shape index (κ3) is 5.28. The summed E-state index contributed by atoms with van der Waals surface area (Å²) in [5.41, 5.74) is 6.74. The first kappa shape index (κ1) is 25.5. The number of benzene rings is 1. The van der Waals surface area contributed by atoms with E-state index in [1.165, 1.54) is 49.1 Å². The van der Waals surface area contributed by atoms with Crippen molar-refractivity contribution in [1.82, 2.24) is 19.8 Å². The second-order valence-electron chi connectivity index (χ2n) is 10.4. The number of carbonyl (C=O) groups excluding carboxylic acids is 1. The van der Waals surface area contributed by atoms with Gasteiger partial charge < -0.3 is 20.1 Å².